The third kappa shape index (κ3) is 4.36. The van der Waals surface area contributed by atoms with Gasteiger partial charge in [-0.1, -0.05) is 59.6 Å². The quantitative estimate of drug-likeness (QED) is 0.796. The SMILES string of the molecule is O=S(=O)(NCC(c1ccccc1)N1CCCC1)c1c(Cl)cccc1Cl. The topological polar surface area (TPSA) is 49.4 Å². The van der Waals surface area contributed by atoms with Crippen LogP contribution in [0.1, 0.15) is 24.4 Å². The highest BCUT2D eigenvalue weighted by atomic mass is 35.5. The lowest BCUT2D eigenvalue weighted by Crippen LogP contribution is -2.37. The lowest BCUT2D eigenvalue weighted by molar-refractivity contribution is 0.246. The van der Waals surface area contributed by atoms with Gasteiger partial charge in [0, 0.05) is 12.6 Å². The van der Waals surface area contributed by atoms with Gasteiger partial charge in [0.1, 0.15) is 4.90 Å². The molecular weight excluding hydrogens is 379 g/mol. The Labute approximate surface area is 158 Å². The molecule has 7 heteroatoms. The van der Waals surface area contributed by atoms with E-state index in [2.05, 4.69) is 9.62 Å². The second-order valence-electron chi connectivity index (χ2n) is 6.07. The Morgan fingerprint density at radius 3 is 2.16 bits per heavy atom. The van der Waals surface area contributed by atoms with E-state index in [-0.39, 0.29) is 27.5 Å². The number of nitrogens with zero attached hydrogens (tertiary/aromatic N) is 1. The van der Waals surface area contributed by atoms with Crippen molar-refractivity contribution in [3.05, 3.63) is 64.1 Å². The molecule has 1 unspecified atom stereocenters. The van der Waals surface area contributed by atoms with Crippen molar-refractivity contribution in [3.8, 4) is 0 Å². The molecule has 1 fully saturated rings. The van der Waals surface area contributed by atoms with Crippen molar-refractivity contribution in [3.63, 3.8) is 0 Å². The van der Waals surface area contributed by atoms with Gasteiger partial charge in [0.05, 0.1) is 10.0 Å². The van der Waals surface area contributed by atoms with E-state index in [0.717, 1.165) is 31.5 Å². The van der Waals surface area contributed by atoms with Crippen LogP contribution >= 0.6 is 23.2 Å². The molecule has 0 aliphatic carbocycles. The fourth-order valence-corrected chi connectivity index (χ4v) is 5.36. The van der Waals surface area contributed by atoms with Gasteiger partial charge in [0.25, 0.3) is 0 Å². The summed E-state index contributed by atoms with van der Waals surface area (Å²) in [6.07, 6.45) is 2.26. The van der Waals surface area contributed by atoms with Crippen LogP contribution < -0.4 is 4.72 Å². The molecule has 1 saturated heterocycles. The first kappa shape index (κ1) is 18.7. The largest absolute Gasteiger partial charge is 0.295 e. The molecule has 1 aliphatic heterocycles. The standard InChI is InChI=1S/C18H20Cl2N2O2S/c19-15-9-6-10-16(20)18(15)25(23,24)21-13-17(22-11-4-5-12-22)14-7-2-1-3-8-14/h1-3,6-10,17,21H,4-5,11-13H2. The minimum absolute atomic E-state index is 0.0141. The monoisotopic (exact) mass is 398 g/mol. The molecule has 0 spiro atoms. The lowest BCUT2D eigenvalue weighted by Gasteiger charge is -2.28. The highest BCUT2D eigenvalue weighted by Gasteiger charge is 2.27. The van der Waals surface area contributed by atoms with E-state index in [9.17, 15) is 8.42 Å². The predicted molar refractivity (Wildman–Crippen MR) is 102 cm³/mol. The Balaban J connectivity index is 1.83. The first-order chi connectivity index (χ1) is 12.0. The fraction of sp³-hybridized carbons (Fsp3) is 0.333. The van der Waals surface area contributed by atoms with Gasteiger partial charge in [-0.05, 0) is 43.6 Å². The molecule has 0 saturated carbocycles. The molecule has 25 heavy (non-hydrogen) atoms. The minimum atomic E-state index is -3.79. The van der Waals surface area contributed by atoms with Crippen LogP contribution in [0.3, 0.4) is 0 Å². The van der Waals surface area contributed by atoms with E-state index in [0.29, 0.717) is 0 Å². The summed E-state index contributed by atoms with van der Waals surface area (Å²) in [6, 6.07) is 14.6. The third-order valence-electron chi connectivity index (χ3n) is 4.42. The van der Waals surface area contributed by atoms with Gasteiger partial charge in [0.15, 0.2) is 0 Å². The molecule has 4 nitrogen and oxygen atoms in total. The molecule has 3 rings (SSSR count). The molecule has 2 aromatic carbocycles. The van der Waals surface area contributed by atoms with Gasteiger partial charge in [0.2, 0.25) is 10.0 Å². The van der Waals surface area contributed by atoms with E-state index >= 15 is 0 Å². The molecule has 0 aromatic heterocycles. The first-order valence-electron chi connectivity index (χ1n) is 8.22. The molecular formula is C18H20Cl2N2O2S. The molecule has 134 valence electrons. The van der Waals surface area contributed by atoms with E-state index in [1.54, 1.807) is 6.07 Å². The maximum absolute atomic E-state index is 12.7. The van der Waals surface area contributed by atoms with Gasteiger partial charge in [-0.25, -0.2) is 13.1 Å². The number of nitrogens with one attached hydrogen (secondary N) is 1. The van der Waals surface area contributed by atoms with Crippen molar-refractivity contribution in [1.82, 2.24) is 9.62 Å². The first-order valence-corrected chi connectivity index (χ1v) is 10.5. The summed E-state index contributed by atoms with van der Waals surface area (Å²) in [5.74, 6) is 0. The zero-order chi connectivity index (χ0) is 17.9. The molecule has 1 heterocycles. The van der Waals surface area contributed by atoms with E-state index in [1.807, 2.05) is 30.3 Å². The summed E-state index contributed by atoms with van der Waals surface area (Å²) in [4.78, 5) is 2.25. The van der Waals surface area contributed by atoms with Crippen molar-refractivity contribution in [2.24, 2.45) is 0 Å². The third-order valence-corrected chi connectivity index (χ3v) is 6.80. The van der Waals surface area contributed by atoms with Gasteiger partial charge >= 0.3 is 0 Å². The van der Waals surface area contributed by atoms with Gasteiger partial charge in [-0.15, -0.1) is 0 Å². The summed E-state index contributed by atoms with van der Waals surface area (Å²) >= 11 is 12.1. The Bertz CT molecular complexity index is 802. The summed E-state index contributed by atoms with van der Waals surface area (Å²) < 4.78 is 28.1. The van der Waals surface area contributed by atoms with Crippen molar-refractivity contribution >= 4 is 33.2 Å². The van der Waals surface area contributed by atoms with Crippen LogP contribution in [0.15, 0.2) is 53.4 Å². The average molecular weight is 399 g/mol. The van der Waals surface area contributed by atoms with Crippen molar-refractivity contribution in [2.75, 3.05) is 19.6 Å². The predicted octanol–water partition coefficient (Wildman–Crippen LogP) is 4.11. The highest BCUT2D eigenvalue weighted by molar-refractivity contribution is 7.89. The molecule has 2 aromatic rings. The van der Waals surface area contributed by atoms with Crippen LogP contribution in [0.5, 0.6) is 0 Å². The Kier molecular flexibility index (Phi) is 6.02. The molecule has 1 aliphatic rings. The number of hydrogen-bond donors (Lipinski definition) is 1. The van der Waals surface area contributed by atoms with Crippen LogP contribution in [0, 0.1) is 0 Å². The van der Waals surface area contributed by atoms with Crippen molar-refractivity contribution in [2.45, 2.75) is 23.8 Å². The number of rotatable bonds is 6. The van der Waals surface area contributed by atoms with Crippen LogP contribution in [-0.4, -0.2) is 33.0 Å². The lowest BCUT2D eigenvalue weighted by atomic mass is 10.1. The zero-order valence-electron chi connectivity index (χ0n) is 13.7. The molecule has 0 radical (unpaired) electrons. The van der Waals surface area contributed by atoms with Crippen molar-refractivity contribution < 1.29 is 8.42 Å². The Morgan fingerprint density at radius 1 is 0.960 bits per heavy atom. The smallest absolute Gasteiger partial charge is 0.243 e. The summed E-state index contributed by atoms with van der Waals surface area (Å²) in [7, 11) is -3.79. The molecule has 0 bridgehead atoms. The highest BCUT2D eigenvalue weighted by Crippen LogP contribution is 2.30. The summed E-state index contributed by atoms with van der Waals surface area (Å²) in [5, 5.41) is 0.245. The minimum Gasteiger partial charge on any atom is -0.295 e. The average Bonchev–Trinajstić information content (AvgIpc) is 3.10. The normalized spacial score (nSPS) is 16.9. The van der Waals surface area contributed by atoms with Crippen LogP contribution in [0.2, 0.25) is 10.0 Å². The maximum Gasteiger partial charge on any atom is 0.243 e. The van der Waals surface area contributed by atoms with Gasteiger partial charge in [-0.2, -0.15) is 0 Å². The second kappa shape index (κ2) is 8.06. The van der Waals surface area contributed by atoms with Crippen LogP contribution in [0.25, 0.3) is 0 Å². The van der Waals surface area contributed by atoms with Gasteiger partial charge in [-0.3, -0.25) is 4.90 Å². The molecule has 1 N–H and O–H groups in total. The maximum atomic E-state index is 12.7. The fourth-order valence-electron chi connectivity index (χ4n) is 3.19. The second-order valence-corrected chi connectivity index (χ2v) is 8.59. The number of likely N-dealkylation sites (tertiary alicyclic amines) is 1. The van der Waals surface area contributed by atoms with Gasteiger partial charge < -0.3 is 0 Å². The number of hydrogen-bond acceptors (Lipinski definition) is 3. The number of halogens is 2. The zero-order valence-corrected chi connectivity index (χ0v) is 16.0. The number of sulfonamides is 1. The number of benzene rings is 2. The van der Waals surface area contributed by atoms with E-state index < -0.39 is 10.0 Å². The molecule has 0 amide bonds. The Morgan fingerprint density at radius 2 is 1.56 bits per heavy atom. The summed E-state index contributed by atoms with van der Waals surface area (Å²) in [5.41, 5.74) is 1.09. The molecule has 1 atom stereocenters. The van der Waals surface area contributed by atoms with Crippen LogP contribution in [-0.2, 0) is 10.0 Å². The van der Waals surface area contributed by atoms with Crippen LogP contribution in [0.4, 0.5) is 0 Å². The van der Waals surface area contributed by atoms with E-state index in [4.69, 9.17) is 23.2 Å². The summed E-state index contributed by atoms with van der Waals surface area (Å²) in [6.45, 7) is 2.20. The van der Waals surface area contributed by atoms with E-state index in [1.165, 1.54) is 12.1 Å². The van der Waals surface area contributed by atoms with Crippen molar-refractivity contribution in [1.29, 1.82) is 0 Å². The Hall–Kier alpha value is -1.11.